The first-order valence-electron chi connectivity index (χ1n) is 4.94. The Morgan fingerprint density at radius 2 is 2.06 bits per heavy atom. The molecule has 0 unspecified atom stereocenters. The van der Waals surface area contributed by atoms with Crippen LogP contribution < -0.4 is 10.1 Å². The number of ether oxygens (including phenoxy) is 1. The van der Waals surface area contributed by atoms with E-state index in [9.17, 15) is 13.6 Å². The summed E-state index contributed by atoms with van der Waals surface area (Å²) < 4.78 is 27.9. The Bertz CT molecular complexity index is 443. The van der Waals surface area contributed by atoms with Crippen molar-refractivity contribution >= 4 is 6.09 Å². The third-order valence-corrected chi connectivity index (χ3v) is 2.04. The molecule has 1 aromatic rings. The third kappa shape index (κ3) is 4.65. The van der Waals surface area contributed by atoms with Crippen molar-refractivity contribution in [1.82, 2.24) is 5.32 Å². The number of alkyl halides is 2. The number of carboxylic acid groups (broad SMARTS) is 1. The quantitative estimate of drug-likeness (QED) is 0.844. The maximum atomic E-state index is 11.9. The van der Waals surface area contributed by atoms with Crippen LogP contribution in [0.2, 0.25) is 0 Å². The topological polar surface area (TPSA) is 82.3 Å². The molecule has 1 atom stereocenters. The molecule has 0 spiro atoms. The molecule has 0 saturated heterocycles. The second-order valence-electron chi connectivity index (χ2n) is 3.36. The number of hydrogen-bond acceptors (Lipinski definition) is 3. The Morgan fingerprint density at radius 3 is 2.50 bits per heavy atom. The molecule has 0 aliphatic rings. The summed E-state index contributed by atoms with van der Waals surface area (Å²) in [6.45, 7) is -2.89. The van der Waals surface area contributed by atoms with E-state index < -0.39 is 18.7 Å². The van der Waals surface area contributed by atoms with Gasteiger partial charge in [0.15, 0.2) is 0 Å². The Hall–Kier alpha value is -2.36. The number of nitrogens with one attached hydrogen (secondary N) is 1. The highest BCUT2D eigenvalue weighted by Gasteiger charge is 2.11. The first kappa shape index (κ1) is 13.7. The zero-order valence-corrected chi connectivity index (χ0v) is 9.14. The van der Waals surface area contributed by atoms with Crippen LogP contribution in [-0.4, -0.2) is 23.9 Å². The first-order valence-corrected chi connectivity index (χ1v) is 4.94. The number of carbonyl (C=O) groups is 1. The molecule has 1 aromatic carbocycles. The largest absolute Gasteiger partial charge is 0.465 e. The molecule has 7 heteroatoms. The molecule has 0 fully saturated rings. The molecule has 0 heterocycles. The number of nitriles is 1. The highest BCUT2D eigenvalue weighted by molar-refractivity contribution is 5.65. The van der Waals surface area contributed by atoms with Gasteiger partial charge in [0.2, 0.25) is 0 Å². The van der Waals surface area contributed by atoms with E-state index in [0.29, 0.717) is 5.56 Å². The number of hydrogen-bond donors (Lipinski definition) is 2. The molecular weight excluding hydrogens is 246 g/mol. The fraction of sp³-hybridized carbons (Fsp3) is 0.273. The standard InChI is InChI=1S/C11H10F2N2O3/c12-10(13)18-9-3-1-7(2-4-9)5-8(6-14)15-11(16)17/h1-4,8,10,15H,5H2,(H,16,17)/t8-/m0/s1. The Balaban J connectivity index is 2.62. The van der Waals surface area contributed by atoms with Crippen molar-refractivity contribution in [3.63, 3.8) is 0 Å². The van der Waals surface area contributed by atoms with Gasteiger partial charge in [0, 0.05) is 6.42 Å². The minimum Gasteiger partial charge on any atom is -0.465 e. The summed E-state index contributed by atoms with van der Waals surface area (Å²) in [6.07, 6.45) is -1.14. The van der Waals surface area contributed by atoms with Crippen molar-refractivity contribution in [1.29, 1.82) is 5.26 Å². The van der Waals surface area contributed by atoms with E-state index in [-0.39, 0.29) is 12.2 Å². The van der Waals surface area contributed by atoms with Crippen LogP contribution in [0, 0.1) is 11.3 Å². The molecule has 5 nitrogen and oxygen atoms in total. The van der Waals surface area contributed by atoms with E-state index in [1.54, 1.807) is 6.07 Å². The summed E-state index contributed by atoms with van der Waals surface area (Å²) >= 11 is 0. The summed E-state index contributed by atoms with van der Waals surface area (Å²) in [5.74, 6) is 0.00783. The molecule has 1 amide bonds. The molecule has 1 rings (SSSR count). The monoisotopic (exact) mass is 256 g/mol. The van der Waals surface area contributed by atoms with Gasteiger partial charge in [-0.1, -0.05) is 12.1 Å². The number of amides is 1. The maximum Gasteiger partial charge on any atom is 0.405 e. The summed E-state index contributed by atoms with van der Waals surface area (Å²) in [4.78, 5) is 10.4. The molecule has 96 valence electrons. The smallest absolute Gasteiger partial charge is 0.405 e. The van der Waals surface area contributed by atoms with Gasteiger partial charge in [0.25, 0.3) is 0 Å². The number of benzene rings is 1. The Morgan fingerprint density at radius 1 is 1.44 bits per heavy atom. The van der Waals surface area contributed by atoms with Crippen molar-refractivity contribution in [2.45, 2.75) is 19.1 Å². The SMILES string of the molecule is N#C[C@H](Cc1ccc(OC(F)F)cc1)NC(=O)O. The van der Waals surface area contributed by atoms with Crippen molar-refractivity contribution in [3.05, 3.63) is 29.8 Å². The highest BCUT2D eigenvalue weighted by Crippen LogP contribution is 2.15. The molecule has 0 aromatic heterocycles. The predicted octanol–water partition coefficient (Wildman–Crippen LogP) is 1.99. The average molecular weight is 256 g/mol. The normalized spacial score (nSPS) is 11.7. The highest BCUT2D eigenvalue weighted by atomic mass is 19.3. The van der Waals surface area contributed by atoms with E-state index in [0.717, 1.165) is 0 Å². The first-order chi connectivity index (χ1) is 8.51. The number of nitrogens with zero attached hydrogens (tertiary/aromatic N) is 1. The molecule has 2 N–H and O–H groups in total. The van der Waals surface area contributed by atoms with Crippen LogP contribution in [0.4, 0.5) is 13.6 Å². The summed E-state index contributed by atoms with van der Waals surface area (Å²) in [5, 5.41) is 19.2. The van der Waals surface area contributed by atoms with Crippen LogP contribution in [0.5, 0.6) is 5.75 Å². The van der Waals surface area contributed by atoms with Crippen LogP contribution in [0.25, 0.3) is 0 Å². The lowest BCUT2D eigenvalue weighted by molar-refractivity contribution is -0.0498. The van der Waals surface area contributed by atoms with Gasteiger partial charge in [0.05, 0.1) is 6.07 Å². The van der Waals surface area contributed by atoms with Crippen LogP contribution in [-0.2, 0) is 6.42 Å². The fourth-order valence-electron chi connectivity index (χ4n) is 1.32. The van der Waals surface area contributed by atoms with E-state index >= 15 is 0 Å². The summed E-state index contributed by atoms with van der Waals surface area (Å²) in [6, 6.07) is 6.54. The Labute approximate surface area is 102 Å². The van der Waals surface area contributed by atoms with Crippen molar-refractivity contribution in [2.75, 3.05) is 0 Å². The minimum atomic E-state index is -2.89. The lowest BCUT2D eigenvalue weighted by Crippen LogP contribution is -2.33. The van der Waals surface area contributed by atoms with E-state index in [1.807, 2.05) is 5.32 Å². The van der Waals surface area contributed by atoms with E-state index in [1.165, 1.54) is 24.3 Å². The third-order valence-electron chi connectivity index (χ3n) is 2.04. The van der Waals surface area contributed by atoms with Crippen molar-refractivity contribution in [3.8, 4) is 11.8 Å². The van der Waals surface area contributed by atoms with Crippen molar-refractivity contribution in [2.24, 2.45) is 0 Å². The second-order valence-corrected chi connectivity index (χ2v) is 3.36. The number of halogens is 2. The van der Waals surface area contributed by atoms with E-state index in [2.05, 4.69) is 4.74 Å². The molecule has 0 aliphatic heterocycles. The van der Waals surface area contributed by atoms with Gasteiger partial charge in [0.1, 0.15) is 11.8 Å². The van der Waals surface area contributed by atoms with Gasteiger partial charge >= 0.3 is 12.7 Å². The summed E-state index contributed by atoms with van der Waals surface area (Å²) in [7, 11) is 0. The van der Waals surface area contributed by atoms with Gasteiger partial charge < -0.3 is 15.2 Å². The molecule has 0 saturated carbocycles. The average Bonchev–Trinajstić information content (AvgIpc) is 2.29. The van der Waals surface area contributed by atoms with Crippen LogP contribution in [0.15, 0.2) is 24.3 Å². The molecule has 0 bridgehead atoms. The second kappa shape index (κ2) is 6.39. The fourth-order valence-corrected chi connectivity index (χ4v) is 1.32. The molecule has 0 radical (unpaired) electrons. The summed E-state index contributed by atoms with van der Waals surface area (Å²) in [5.41, 5.74) is 0.636. The van der Waals surface area contributed by atoms with Crippen molar-refractivity contribution < 1.29 is 23.4 Å². The van der Waals surface area contributed by atoms with Gasteiger partial charge in [-0.05, 0) is 17.7 Å². The van der Waals surface area contributed by atoms with E-state index in [4.69, 9.17) is 10.4 Å². The predicted molar refractivity (Wildman–Crippen MR) is 57.3 cm³/mol. The maximum absolute atomic E-state index is 11.9. The van der Waals surface area contributed by atoms with Gasteiger partial charge in [-0.15, -0.1) is 0 Å². The van der Waals surface area contributed by atoms with Crippen LogP contribution >= 0.6 is 0 Å². The molecular formula is C11H10F2N2O3. The van der Waals surface area contributed by atoms with Gasteiger partial charge in [-0.25, -0.2) is 4.79 Å². The van der Waals surface area contributed by atoms with Gasteiger partial charge in [-0.3, -0.25) is 0 Å². The lowest BCUT2D eigenvalue weighted by Gasteiger charge is -2.09. The number of rotatable bonds is 5. The lowest BCUT2D eigenvalue weighted by atomic mass is 10.1. The Kier molecular flexibility index (Phi) is 4.87. The van der Waals surface area contributed by atoms with Crippen LogP contribution in [0.3, 0.4) is 0 Å². The van der Waals surface area contributed by atoms with Crippen LogP contribution in [0.1, 0.15) is 5.56 Å². The van der Waals surface area contributed by atoms with Gasteiger partial charge in [-0.2, -0.15) is 14.0 Å². The zero-order chi connectivity index (χ0) is 13.5. The molecule has 0 aliphatic carbocycles. The zero-order valence-electron chi connectivity index (χ0n) is 9.14. The molecule has 18 heavy (non-hydrogen) atoms. The minimum absolute atomic E-state index is 0.00783.